The molecule has 0 radical (unpaired) electrons. The molecule has 7 heteroatoms. The summed E-state index contributed by atoms with van der Waals surface area (Å²) in [5.41, 5.74) is 0.390. The molecule has 0 aliphatic carbocycles. The van der Waals surface area contributed by atoms with Crippen LogP contribution in [0.3, 0.4) is 0 Å². The molecule has 12 heavy (non-hydrogen) atoms. The van der Waals surface area contributed by atoms with Crippen LogP contribution in [0.1, 0.15) is 5.69 Å². The maximum Gasteiger partial charge on any atom is 0.274 e. The Labute approximate surface area is 69.3 Å². The molecule has 0 saturated heterocycles. The third-order valence-electron chi connectivity index (χ3n) is 1.11. The second-order valence-electron chi connectivity index (χ2n) is 2.12. The molecule has 68 valence electrons. The Kier molecular flexibility index (Phi) is 2.46. The van der Waals surface area contributed by atoms with Gasteiger partial charge in [-0.05, 0) is 0 Å². The van der Waals surface area contributed by atoms with Gasteiger partial charge in [0.2, 0.25) is 0 Å². The van der Waals surface area contributed by atoms with E-state index < -0.39 is 10.0 Å². The van der Waals surface area contributed by atoms with E-state index in [1.807, 2.05) is 0 Å². The maximum atomic E-state index is 10.7. The van der Waals surface area contributed by atoms with E-state index in [0.29, 0.717) is 5.69 Å². The highest BCUT2D eigenvalue weighted by Crippen LogP contribution is 2.08. The van der Waals surface area contributed by atoms with Crippen LogP contribution >= 0.6 is 0 Å². The van der Waals surface area contributed by atoms with Crippen LogP contribution in [0.5, 0.6) is 0 Å². The average molecular weight is 192 g/mol. The normalized spacial score (nSPS) is 11.8. The number of nitrogens with zero attached hydrogens (tertiary/aromatic N) is 1. The zero-order valence-electron chi connectivity index (χ0n) is 6.35. The summed E-state index contributed by atoms with van der Waals surface area (Å²) >= 11 is 0. The van der Waals surface area contributed by atoms with E-state index in [1.54, 1.807) is 0 Å². The number of nitrogens with two attached hydrogens (primary N) is 1. The molecule has 0 unspecified atom stereocenters. The quantitative estimate of drug-likeness (QED) is 0.694. The fraction of sp³-hybridized carbons (Fsp3) is 0.400. The molecular formula is C5H8N2O4S. The molecule has 0 amide bonds. The predicted molar refractivity (Wildman–Crippen MR) is 38.6 cm³/mol. The molecule has 2 N–H and O–H groups in total. The van der Waals surface area contributed by atoms with E-state index in [1.165, 1.54) is 13.2 Å². The standard InChI is InChI=1S/C5H8N2O4S/c1-10-3-4-2-5(11-7-4)12(6,8)9/h2H,3H2,1H3,(H2,6,8,9). The van der Waals surface area contributed by atoms with Crippen molar-refractivity contribution >= 4 is 10.0 Å². The van der Waals surface area contributed by atoms with Gasteiger partial charge >= 0.3 is 0 Å². The van der Waals surface area contributed by atoms with Gasteiger partial charge in [0.1, 0.15) is 5.69 Å². The molecule has 0 bridgehead atoms. The number of rotatable bonds is 3. The van der Waals surface area contributed by atoms with Crippen LogP contribution in [-0.4, -0.2) is 20.7 Å². The summed E-state index contributed by atoms with van der Waals surface area (Å²) in [6, 6.07) is 1.22. The van der Waals surface area contributed by atoms with Gasteiger partial charge in [-0.1, -0.05) is 5.16 Å². The third-order valence-corrected chi connectivity index (χ3v) is 1.86. The number of hydrogen-bond acceptors (Lipinski definition) is 5. The molecule has 0 atom stereocenters. The maximum absolute atomic E-state index is 10.7. The van der Waals surface area contributed by atoms with Gasteiger partial charge in [-0.3, -0.25) is 0 Å². The van der Waals surface area contributed by atoms with Gasteiger partial charge in [-0.15, -0.1) is 0 Å². The number of aromatic nitrogens is 1. The van der Waals surface area contributed by atoms with Crippen LogP contribution in [0.4, 0.5) is 0 Å². The number of ether oxygens (including phenoxy) is 1. The summed E-state index contributed by atoms with van der Waals surface area (Å²) in [4.78, 5) is 0. The SMILES string of the molecule is COCc1cc(S(N)(=O)=O)on1. The van der Waals surface area contributed by atoms with E-state index in [2.05, 4.69) is 9.68 Å². The van der Waals surface area contributed by atoms with Crippen LogP contribution in [0, 0.1) is 0 Å². The Hall–Kier alpha value is -0.920. The molecule has 0 aromatic carbocycles. The molecule has 0 aliphatic heterocycles. The van der Waals surface area contributed by atoms with Crippen molar-refractivity contribution in [2.75, 3.05) is 7.11 Å². The van der Waals surface area contributed by atoms with Crippen molar-refractivity contribution in [3.8, 4) is 0 Å². The summed E-state index contributed by atoms with van der Waals surface area (Å²) in [7, 11) is -2.32. The van der Waals surface area contributed by atoms with Gasteiger partial charge in [0, 0.05) is 13.2 Å². The number of hydrogen-bond donors (Lipinski definition) is 1. The van der Waals surface area contributed by atoms with Crippen molar-refractivity contribution in [3.05, 3.63) is 11.8 Å². The minimum Gasteiger partial charge on any atom is -0.378 e. The minimum atomic E-state index is -3.79. The fourth-order valence-electron chi connectivity index (χ4n) is 0.642. The monoisotopic (exact) mass is 192 g/mol. The first-order valence-corrected chi connectivity index (χ1v) is 4.56. The Balaban J connectivity index is 2.92. The van der Waals surface area contributed by atoms with Gasteiger partial charge in [0.05, 0.1) is 6.61 Å². The summed E-state index contributed by atoms with van der Waals surface area (Å²) < 4.78 is 30.4. The smallest absolute Gasteiger partial charge is 0.274 e. The van der Waals surface area contributed by atoms with Crippen LogP contribution in [0.25, 0.3) is 0 Å². The average Bonchev–Trinajstić information content (AvgIpc) is 2.35. The van der Waals surface area contributed by atoms with Gasteiger partial charge < -0.3 is 9.26 Å². The summed E-state index contributed by atoms with van der Waals surface area (Å²) in [5, 5.41) is 7.82. The summed E-state index contributed by atoms with van der Waals surface area (Å²) in [5.74, 6) is 0. The van der Waals surface area contributed by atoms with Crippen LogP contribution < -0.4 is 5.14 Å². The zero-order valence-corrected chi connectivity index (χ0v) is 7.17. The predicted octanol–water partition coefficient (Wildman–Crippen LogP) is -0.532. The van der Waals surface area contributed by atoms with Crippen molar-refractivity contribution in [2.45, 2.75) is 11.7 Å². The van der Waals surface area contributed by atoms with Gasteiger partial charge in [0.25, 0.3) is 15.1 Å². The second-order valence-corrected chi connectivity index (χ2v) is 3.61. The van der Waals surface area contributed by atoms with Crippen molar-refractivity contribution in [1.29, 1.82) is 0 Å². The minimum absolute atomic E-state index is 0.193. The lowest BCUT2D eigenvalue weighted by atomic mass is 10.5. The molecular weight excluding hydrogens is 184 g/mol. The summed E-state index contributed by atoms with van der Waals surface area (Å²) in [6.07, 6.45) is 0. The lowest BCUT2D eigenvalue weighted by molar-refractivity contribution is 0.176. The first-order valence-electron chi connectivity index (χ1n) is 3.01. The van der Waals surface area contributed by atoms with E-state index >= 15 is 0 Å². The Morgan fingerprint density at radius 3 is 2.83 bits per heavy atom. The largest absolute Gasteiger partial charge is 0.378 e. The van der Waals surface area contributed by atoms with Crippen molar-refractivity contribution in [1.82, 2.24) is 5.16 Å². The Bertz CT molecular complexity index is 355. The molecule has 0 spiro atoms. The van der Waals surface area contributed by atoms with E-state index in [4.69, 9.17) is 9.88 Å². The molecule has 1 aromatic rings. The van der Waals surface area contributed by atoms with Gasteiger partial charge in [-0.25, -0.2) is 13.6 Å². The van der Waals surface area contributed by atoms with Crippen LogP contribution in [0.15, 0.2) is 15.7 Å². The topological polar surface area (TPSA) is 95.4 Å². The van der Waals surface area contributed by atoms with E-state index in [-0.39, 0.29) is 11.7 Å². The van der Waals surface area contributed by atoms with Crippen molar-refractivity contribution < 1.29 is 17.7 Å². The van der Waals surface area contributed by atoms with E-state index in [9.17, 15) is 8.42 Å². The highest BCUT2D eigenvalue weighted by molar-refractivity contribution is 7.89. The van der Waals surface area contributed by atoms with Crippen LogP contribution in [0.2, 0.25) is 0 Å². The molecule has 0 saturated carbocycles. The van der Waals surface area contributed by atoms with Crippen molar-refractivity contribution in [2.24, 2.45) is 5.14 Å². The first kappa shape index (κ1) is 9.17. The summed E-state index contributed by atoms with van der Waals surface area (Å²) in [6.45, 7) is 0.193. The van der Waals surface area contributed by atoms with Crippen LogP contribution in [-0.2, 0) is 21.4 Å². The number of primary sulfonamides is 1. The zero-order chi connectivity index (χ0) is 9.19. The highest BCUT2D eigenvalue weighted by Gasteiger charge is 2.14. The van der Waals surface area contributed by atoms with Gasteiger partial charge in [-0.2, -0.15) is 0 Å². The number of sulfonamides is 1. The molecule has 1 rings (SSSR count). The lowest BCUT2D eigenvalue weighted by Gasteiger charge is -1.87. The first-order chi connectivity index (χ1) is 5.54. The Morgan fingerprint density at radius 1 is 1.75 bits per heavy atom. The van der Waals surface area contributed by atoms with Crippen molar-refractivity contribution in [3.63, 3.8) is 0 Å². The molecule has 1 heterocycles. The lowest BCUT2D eigenvalue weighted by Crippen LogP contribution is -2.10. The third kappa shape index (κ3) is 2.03. The second kappa shape index (κ2) is 3.21. The number of methoxy groups -OCH3 is 1. The Morgan fingerprint density at radius 2 is 2.42 bits per heavy atom. The fourth-order valence-corrected chi connectivity index (χ4v) is 1.08. The van der Waals surface area contributed by atoms with E-state index in [0.717, 1.165) is 0 Å². The molecule has 0 aliphatic rings. The van der Waals surface area contributed by atoms with Gasteiger partial charge in [0.15, 0.2) is 0 Å². The molecule has 6 nitrogen and oxygen atoms in total. The molecule has 1 aromatic heterocycles. The molecule has 0 fully saturated rings. The highest BCUT2D eigenvalue weighted by atomic mass is 32.2.